The third kappa shape index (κ3) is 5.61. The van der Waals surface area contributed by atoms with E-state index >= 15 is 0 Å². The maximum atomic E-state index is 12.5. The number of aliphatic hydroxyl groups excluding tert-OH is 1. The second-order valence-corrected chi connectivity index (χ2v) is 6.03. The van der Waals surface area contributed by atoms with Gasteiger partial charge >= 0.3 is 6.03 Å². The Hall–Kier alpha value is -2.86. The van der Waals surface area contributed by atoms with E-state index in [-0.39, 0.29) is 18.4 Å². The first-order valence-electron chi connectivity index (χ1n) is 8.13. The van der Waals surface area contributed by atoms with E-state index in [1.807, 2.05) is 32.0 Å². The van der Waals surface area contributed by atoms with Gasteiger partial charge in [-0.15, -0.1) is 0 Å². The molecular formula is C19H23N3O3. The molecule has 0 aliphatic rings. The Morgan fingerprint density at radius 3 is 2.28 bits per heavy atom. The van der Waals surface area contributed by atoms with Crippen molar-refractivity contribution in [2.45, 2.75) is 26.5 Å². The number of nitrogens with one attached hydrogen (secondary N) is 3. The third-order valence-corrected chi connectivity index (χ3v) is 3.64. The highest BCUT2D eigenvalue weighted by Crippen LogP contribution is 2.13. The van der Waals surface area contributed by atoms with Crippen LogP contribution in [0.4, 0.5) is 16.2 Å². The van der Waals surface area contributed by atoms with Crippen LogP contribution in [0.1, 0.15) is 19.4 Å². The quantitative estimate of drug-likeness (QED) is 0.651. The summed E-state index contributed by atoms with van der Waals surface area (Å²) < 4.78 is 0. The maximum Gasteiger partial charge on any atom is 0.319 e. The van der Waals surface area contributed by atoms with Crippen molar-refractivity contribution in [2.75, 3.05) is 10.6 Å². The topological polar surface area (TPSA) is 90.5 Å². The number of benzene rings is 2. The molecule has 3 amide bonds. The number of amides is 3. The number of hydrogen-bond acceptors (Lipinski definition) is 3. The molecule has 2 aromatic carbocycles. The Balaban J connectivity index is 2.01. The summed E-state index contributed by atoms with van der Waals surface area (Å²) in [7, 11) is 0. The van der Waals surface area contributed by atoms with Gasteiger partial charge in [0.2, 0.25) is 5.91 Å². The van der Waals surface area contributed by atoms with Crippen LogP contribution >= 0.6 is 0 Å². The molecule has 0 aliphatic heterocycles. The molecule has 2 rings (SSSR count). The van der Waals surface area contributed by atoms with Crippen LogP contribution in [-0.2, 0) is 11.4 Å². The van der Waals surface area contributed by atoms with Crippen LogP contribution in [0.3, 0.4) is 0 Å². The van der Waals surface area contributed by atoms with Crippen molar-refractivity contribution < 1.29 is 14.7 Å². The summed E-state index contributed by atoms with van der Waals surface area (Å²) in [5.41, 5.74) is 1.93. The van der Waals surface area contributed by atoms with Gasteiger partial charge < -0.3 is 21.1 Å². The number of hydrogen-bond donors (Lipinski definition) is 4. The Morgan fingerprint density at radius 2 is 1.64 bits per heavy atom. The molecule has 4 N–H and O–H groups in total. The van der Waals surface area contributed by atoms with Crippen LogP contribution in [0.5, 0.6) is 0 Å². The predicted molar refractivity (Wildman–Crippen MR) is 98.2 cm³/mol. The largest absolute Gasteiger partial charge is 0.392 e. The van der Waals surface area contributed by atoms with Gasteiger partial charge in [0.25, 0.3) is 0 Å². The van der Waals surface area contributed by atoms with E-state index in [2.05, 4.69) is 16.0 Å². The van der Waals surface area contributed by atoms with Crippen LogP contribution in [0, 0.1) is 5.92 Å². The van der Waals surface area contributed by atoms with Crippen molar-refractivity contribution in [1.29, 1.82) is 0 Å². The first kappa shape index (κ1) is 18.5. The summed E-state index contributed by atoms with van der Waals surface area (Å²) in [6.45, 7) is 3.61. The van der Waals surface area contributed by atoms with Gasteiger partial charge in [0.05, 0.1) is 6.61 Å². The zero-order valence-corrected chi connectivity index (χ0v) is 14.3. The molecule has 6 heteroatoms. The van der Waals surface area contributed by atoms with Crippen LogP contribution in [0.25, 0.3) is 0 Å². The number of rotatable bonds is 6. The van der Waals surface area contributed by atoms with Crippen molar-refractivity contribution >= 4 is 23.3 Å². The molecule has 0 aliphatic carbocycles. The Morgan fingerprint density at radius 1 is 0.960 bits per heavy atom. The molecule has 0 bridgehead atoms. The molecule has 25 heavy (non-hydrogen) atoms. The van der Waals surface area contributed by atoms with Gasteiger partial charge in [0.1, 0.15) is 6.04 Å². The van der Waals surface area contributed by atoms with Crippen LogP contribution in [0.2, 0.25) is 0 Å². The van der Waals surface area contributed by atoms with E-state index in [1.54, 1.807) is 36.4 Å². The predicted octanol–water partition coefficient (Wildman–Crippen LogP) is 2.96. The molecule has 0 aromatic heterocycles. The van der Waals surface area contributed by atoms with E-state index in [4.69, 9.17) is 0 Å². The number of carbonyl (C=O) groups excluding carboxylic acids is 2. The van der Waals surface area contributed by atoms with Crippen LogP contribution in [-0.4, -0.2) is 23.1 Å². The Kier molecular flexibility index (Phi) is 6.54. The fourth-order valence-electron chi connectivity index (χ4n) is 2.33. The molecule has 132 valence electrons. The van der Waals surface area contributed by atoms with Gasteiger partial charge in [-0.25, -0.2) is 4.79 Å². The minimum atomic E-state index is -0.693. The molecule has 0 saturated heterocycles. The lowest BCUT2D eigenvalue weighted by atomic mass is 10.0. The monoisotopic (exact) mass is 341 g/mol. The molecule has 1 atom stereocenters. The minimum Gasteiger partial charge on any atom is -0.392 e. The van der Waals surface area contributed by atoms with E-state index in [0.29, 0.717) is 16.9 Å². The lowest BCUT2D eigenvalue weighted by Crippen LogP contribution is -2.48. The van der Waals surface area contributed by atoms with E-state index < -0.39 is 12.1 Å². The van der Waals surface area contributed by atoms with Gasteiger partial charge in [-0.3, -0.25) is 4.79 Å². The van der Waals surface area contributed by atoms with E-state index in [1.165, 1.54) is 0 Å². The van der Waals surface area contributed by atoms with Crippen LogP contribution < -0.4 is 16.0 Å². The van der Waals surface area contributed by atoms with Gasteiger partial charge in [-0.1, -0.05) is 44.2 Å². The number of para-hydroxylation sites is 1. The van der Waals surface area contributed by atoms with Gasteiger partial charge in [0, 0.05) is 11.4 Å². The fraction of sp³-hybridized carbons (Fsp3) is 0.263. The average Bonchev–Trinajstić information content (AvgIpc) is 2.60. The first-order valence-corrected chi connectivity index (χ1v) is 8.13. The zero-order valence-electron chi connectivity index (χ0n) is 14.3. The SMILES string of the molecule is CC(C)C(NC(=O)Nc1ccccc1)C(=O)Nc1cccc(CO)c1. The summed E-state index contributed by atoms with van der Waals surface area (Å²) in [6.07, 6.45) is 0. The van der Waals surface area contributed by atoms with Crippen LogP contribution in [0.15, 0.2) is 54.6 Å². The van der Waals surface area contributed by atoms with E-state index in [0.717, 1.165) is 0 Å². The molecule has 0 fully saturated rings. The second kappa shape index (κ2) is 8.84. The molecule has 2 aromatic rings. The lowest BCUT2D eigenvalue weighted by molar-refractivity contribution is -0.118. The summed E-state index contributed by atoms with van der Waals surface area (Å²) in [5, 5.41) is 17.4. The minimum absolute atomic E-state index is 0.0949. The zero-order chi connectivity index (χ0) is 18.2. The smallest absolute Gasteiger partial charge is 0.319 e. The Bertz CT molecular complexity index is 717. The lowest BCUT2D eigenvalue weighted by Gasteiger charge is -2.22. The second-order valence-electron chi connectivity index (χ2n) is 6.03. The summed E-state index contributed by atoms with van der Waals surface area (Å²) >= 11 is 0. The fourth-order valence-corrected chi connectivity index (χ4v) is 2.33. The molecule has 6 nitrogen and oxygen atoms in total. The molecule has 0 radical (unpaired) electrons. The highest BCUT2D eigenvalue weighted by Gasteiger charge is 2.24. The average molecular weight is 341 g/mol. The van der Waals surface area contributed by atoms with Crippen molar-refractivity contribution in [3.8, 4) is 0 Å². The summed E-state index contributed by atoms with van der Waals surface area (Å²) in [6, 6.07) is 14.8. The third-order valence-electron chi connectivity index (χ3n) is 3.64. The number of carbonyl (C=O) groups is 2. The number of aliphatic hydroxyl groups is 1. The van der Waals surface area contributed by atoms with Gasteiger partial charge in [0.15, 0.2) is 0 Å². The molecule has 1 unspecified atom stereocenters. The first-order chi connectivity index (χ1) is 12.0. The number of anilines is 2. The normalized spacial score (nSPS) is 11.7. The standard InChI is InChI=1S/C19H23N3O3/c1-13(2)17(22-19(25)21-15-8-4-3-5-9-15)18(24)20-16-10-6-7-14(11-16)12-23/h3-11,13,17,23H,12H2,1-2H3,(H,20,24)(H2,21,22,25). The highest BCUT2D eigenvalue weighted by atomic mass is 16.3. The molecule has 0 heterocycles. The van der Waals surface area contributed by atoms with Crippen molar-refractivity contribution in [3.05, 3.63) is 60.2 Å². The summed E-state index contributed by atoms with van der Waals surface area (Å²) in [4.78, 5) is 24.7. The summed E-state index contributed by atoms with van der Waals surface area (Å²) in [5.74, 6) is -0.407. The van der Waals surface area contributed by atoms with E-state index in [9.17, 15) is 14.7 Å². The number of urea groups is 1. The van der Waals surface area contributed by atoms with Crippen molar-refractivity contribution in [1.82, 2.24) is 5.32 Å². The molecular weight excluding hydrogens is 318 g/mol. The van der Waals surface area contributed by atoms with Gasteiger partial charge in [-0.2, -0.15) is 0 Å². The van der Waals surface area contributed by atoms with Crippen molar-refractivity contribution in [2.24, 2.45) is 5.92 Å². The molecule has 0 spiro atoms. The Labute approximate surface area is 147 Å². The maximum absolute atomic E-state index is 12.5. The highest BCUT2D eigenvalue weighted by molar-refractivity contribution is 5.99. The van der Waals surface area contributed by atoms with Crippen molar-refractivity contribution in [3.63, 3.8) is 0 Å². The molecule has 0 saturated carbocycles. The van der Waals surface area contributed by atoms with Gasteiger partial charge in [-0.05, 0) is 35.7 Å².